The van der Waals surface area contributed by atoms with Gasteiger partial charge in [0.05, 0.1) is 22.1 Å². The molecule has 1 amide bonds. The van der Waals surface area contributed by atoms with Crippen molar-refractivity contribution in [2.75, 3.05) is 29.9 Å². The molecular weight excluding hydrogens is 392 g/mol. The Hall–Kier alpha value is -3.68. The summed E-state index contributed by atoms with van der Waals surface area (Å²) in [4.78, 5) is 39.8. The third-order valence-electron chi connectivity index (χ3n) is 5.86. The van der Waals surface area contributed by atoms with Crippen molar-refractivity contribution in [3.63, 3.8) is 0 Å². The highest BCUT2D eigenvalue weighted by Gasteiger charge is 2.28. The number of hydrogen-bond donors (Lipinski definition) is 0. The van der Waals surface area contributed by atoms with Gasteiger partial charge in [-0.3, -0.25) is 18.8 Å². The number of benzene rings is 2. The highest BCUT2D eigenvalue weighted by Crippen LogP contribution is 2.30. The van der Waals surface area contributed by atoms with Crippen molar-refractivity contribution >= 4 is 39.6 Å². The maximum absolute atomic E-state index is 13.5. The fourth-order valence-corrected chi connectivity index (χ4v) is 4.29. The number of carbonyl (C=O) groups excluding carboxylic acids is 1. The molecule has 0 spiro atoms. The second-order valence-electron chi connectivity index (χ2n) is 7.78. The minimum absolute atomic E-state index is 0.0377. The first-order valence-corrected chi connectivity index (χ1v) is 10.5. The number of para-hydroxylation sites is 4. The number of aromatic nitrogens is 4. The van der Waals surface area contributed by atoms with Crippen LogP contribution >= 0.6 is 0 Å². The summed E-state index contributed by atoms with van der Waals surface area (Å²) in [6.45, 7) is 3.75. The molecule has 5 rings (SSSR count). The van der Waals surface area contributed by atoms with Gasteiger partial charge < -0.3 is 4.90 Å². The maximum Gasteiger partial charge on any atom is 0.329 e. The van der Waals surface area contributed by atoms with Crippen LogP contribution in [0.25, 0.3) is 22.1 Å². The van der Waals surface area contributed by atoms with Gasteiger partial charge in [0.25, 0.3) is 0 Å². The van der Waals surface area contributed by atoms with Crippen LogP contribution in [-0.2, 0) is 17.9 Å². The van der Waals surface area contributed by atoms with E-state index in [0.29, 0.717) is 24.7 Å². The van der Waals surface area contributed by atoms with Crippen LogP contribution in [0.3, 0.4) is 0 Å². The Kier molecular flexibility index (Phi) is 4.69. The molecule has 0 atom stereocenters. The van der Waals surface area contributed by atoms with Gasteiger partial charge >= 0.3 is 5.69 Å². The van der Waals surface area contributed by atoms with Gasteiger partial charge in [-0.25, -0.2) is 14.8 Å². The van der Waals surface area contributed by atoms with Gasteiger partial charge in [-0.2, -0.15) is 0 Å². The molecule has 4 aromatic rings. The minimum atomic E-state index is -0.172. The molecule has 158 valence electrons. The van der Waals surface area contributed by atoms with Gasteiger partial charge in [-0.15, -0.1) is 0 Å². The number of amides is 1. The van der Waals surface area contributed by atoms with Crippen molar-refractivity contribution in [1.29, 1.82) is 0 Å². The zero-order valence-electron chi connectivity index (χ0n) is 17.7. The summed E-state index contributed by atoms with van der Waals surface area (Å²) in [7, 11) is 1.97. The van der Waals surface area contributed by atoms with Crippen molar-refractivity contribution in [2.24, 2.45) is 0 Å². The fraction of sp³-hybridized carbons (Fsp3) is 0.304. The highest BCUT2D eigenvalue weighted by molar-refractivity contribution is 5.97. The summed E-state index contributed by atoms with van der Waals surface area (Å²) in [5.41, 5.74) is 2.97. The topological polar surface area (TPSA) is 76.3 Å². The van der Waals surface area contributed by atoms with Crippen LogP contribution in [-0.4, -0.2) is 45.1 Å². The Bertz CT molecular complexity index is 1360. The Morgan fingerprint density at radius 2 is 1.52 bits per heavy atom. The second kappa shape index (κ2) is 7.54. The molecule has 2 aromatic heterocycles. The average Bonchev–Trinajstić information content (AvgIpc) is 2.95. The summed E-state index contributed by atoms with van der Waals surface area (Å²) in [5, 5.41) is 0. The lowest BCUT2D eigenvalue weighted by molar-refractivity contribution is -0.119. The van der Waals surface area contributed by atoms with Crippen molar-refractivity contribution in [3.05, 3.63) is 59.0 Å². The van der Waals surface area contributed by atoms with E-state index in [0.717, 1.165) is 35.0 Å². The van der Waals surface area contributed by atoms with Gasteiger partial charge in [0, 0.05) is 26.7 Å². The Morgan fingerprint density at radius 3 is 2.19 bits per heavy atom. The van der Waals surface area contributed by atoms with Gasteiger partial charge in [0.1, 0.15) is 6.54 Å². The molecule has 1 aliphatic heterocycles. The molecule has 0 fully saturated rings. The van der Waals surface area contributed by atoms with Crippen LogP contribution in [0.5, 0.6) is 0 Å². The van der Waals surface area contributed by atoms with E-state index in [-0.39, 0.29) is 18.1 Å². The quantitative estimate of drug-likeness (QED) is 0.513. The SMILES string of the molecule is CCn1c(=O)n(CC(=O)N2CCCN(C)c3nc4ccccc4nc32)c2ccccc21. The lowest BCUT2D eigenvalue weighted by Crippen LogP contribution is -2.38. The molecule has 0 saturated carbocycles. The molecule has 0 aliphatic carbocycles. The zero-order chi connectivity index (χ0) is 21.5. The summed E-state index contributed by atoms with van der Waals surface area (Å²) in [6.07, 6.45) is 0.794. The predicted molar refractivity (Wildman–Crippen MR) is 122 cm³/mol. The Morgan fingerprint density at radius 1 is 0.903 bits per heavy atom. The van der Waals surface area contributed by atoms with Crippen molar-refractivity contribution < 1.29 is 4.79 Å². The van der Waals surface area contributed by atoms with Crippen molar-refractivity contribution in [2.45, 2.75) is 26.4 Å². The number of anilines is 2. The van der Waals surface area contributed by atoms with Crippen LogP contribution in [0.4, 0.5) is 11.6 Å². The number of carbonyl (C=O) groups is 1. The van der Waals surface area contributed by atoms with Crippen molar-refractivity contribution in [3.8, 4) is 0 Å². The van der Waals surface area contributed by atoms with Gasteiger partial charge in [-0.1, -0.05) is 24.3 Å². The third-order valence-corrected chi connectivity index (χ3v) is 5.86. The number of nitrogens with zero attached hydrogens (tertiary/aromatic N) is 6. The van der Waals surface area contributed by atoms with E-state index in [4.69, 9.17) is 9.97 Å². The van der Waals surface area contributed by atoms with Crippen LogP contribution < -0.4 is 15.5 Å². The van der Waals surface area contributed by atoms with Gasteiger partial charge in [0.2, 0.25) is 5.91 Å². The lowest BCUT2D eigenvalue weighted by atomic mass is 10.3. The van der Waals surface area contributed by atoms with E-state index in [1.54, 1.807) is 14.0 Å². The predicted octanol–water partition coefficient (Wildman–Crippen LogP) is 2.64. The van der Waals surface area contributed by atoms with Gasteiger partial charge in [-0.05, 0) is 37.6 Å². The molecule has 0 radical (unpaired) electrons. The molecule has 0 unspecified atom stereocenters. The molecule has 0 N–H and O–H groups in total. The molecule has 1 aliphatic rings. The summed E-state index contributed by atoms with van der Waals surface area (Å²) in [5.74, 6) is 1.08. The number of aryl methyl sites for hydroxylation is 1. The maximum atomic E-state index is 13.5. The van der Waals surface area contributed by atoms with E-state index < -0.39 is 0 Å². The highest BCUT2D eigenvalue weighted by atomic mass is 16.2. The summed E-state index contributed by atoms with van der Waals surface area (Å²) in [6, 6.07) is 15.2. The largest absolute Gasteiger partial charge is 0.357 e. The van der Waals surface area contributed by atoms with E-state index in [9.17, 15) is 9.59 Å². The molecular formula is C23H24N6O2. The number of rotatable bonds is 3. The molecule has 8 nitrogen and oxygen atoms in total. The zero-order valence-corrected chi connectivity index (χ0v) is 17.7. The molecule has 3 heterocycles. The second-order valence-corrected chi connectivity index (χ2v) is 7.78. The van der Waals surface area contributed by atoms with Crippen LogP contribution in [0.1, 0.15) is 13.3 Å². The monoisotopic (exact) mass is 416 g/mol. The number of hydrogen-bond acceptors (Lipinski definition) is 5. The van der Waals surface area contributed by atoms with Crippen LogP contribution in [0.15, 0.2) is 53.3 Å². The Labute approximate surface area is 179 Å². The normalized spacial score (nSPS) is 14.1. The number of imidazole rings is 1. The third kappa shape index (κ3) is 3.15. The van der Waals surface area contributed by atoms with E-state index >= 15 is 0 Å². The van der Waals surface area contributed by atoms with Crippen LogP contribution in [0, 0.1) is 0 Å². The average molecular weight is 416 g/mol. The molecule has 0 bridgehead atoms. The lowest BCUT2D eigenvalue weighted by Gasteiger charge is -2.23. The van der Waals surface area contributed by atoms with Gasteiger partial charge in [0.15, 0.2) is 11.6 Å². The van der Waals surface area contributed by atoms with E-state index in [1.165, 1.54) is 0 Å². The standard InChI is InChI=1S/C23H24N6O2/c1-3-27-18-11-6-7-12-19(18)29(23(27)31)15-20(30)28-14-8-13-26(2)21-22(28)25-17-10-5-4-9-16(17)24-21/h4-7,9-12H,3,8,13-15H2,1-2H3. The first-order valence-electron chi connectivity index (χ1n) is 10.5. The first kappa shape index (κ1) is 19.3. The Balaban J connectivity index is 1.59. The number of fused-ring (bicyclic) bond motifs is 3. The first-order chi connectivity index (χ1) is 15.1. The fourth-order valence-electron chi connectivity index (χ4n) is 4.29. The van der Waals surface area contributed by atoms with E-state index in [2.05, 4.69) is 0 Å². The molecule has 2 aromatic carbocycles. The minimum Gasteiger partial charge on any atom is -0.357 e. The van der Waals surface area contributed by atoms with Crippen LogP contribution in [0.2, 0.25) is 0 Å². The molecule has 8 heteroatoms. The molecule has 31 heavy (non-hydrogen) atoms. The smallest absolute Gasteiger partial charge is 0.329 e. The summed E-state index contributed by atoms with van der Waals surface area (Å²) < 4.78 is 3.25. The molecule has 0 saturated heterocycles. The van der Waals surface area contributed by atoms with E-state index in [1.807, 2.05) is 67.4 Å². The summed E-state index contributed by atoms with van der Waals surface area (Å²) >= 11 is 0. The van der Waals surface area contributed by atoms with Crippen molar-refractivity contribution in [1.82, 2.24) is 19.1 Å².